The molecule has 0 aliphatic carbocycles. The molecule has 2 rings (SSSR count). The normalized spacial score (nSPS) is 10.8. The van der Waals surface area contributed by atoms with Crippen LogP contribution >= 0.6 is 0 Å². The van der Waals surface area contributed by atoms with Gasteiger partial charge in [-0.25, -0.2) is 0 Å². The molecule has 2 aromatic carbocycles. The molecule has 0 aliphatic heterocycles. The van der Waals surface area contributed by atoms with Gasteiger partial charge in [0.2, 0.25) is 5.91 Å². The second-order valence-corrected chi connectivity index (χ2v) is 4.83. The number of hydrogen-bond donors (Lipinski definition) is 1. The van der Waals surface area contributed by atoms with Crippen LogP contribution in [0.1, 0.15) is 19.4 Å². The summed E-state index contributed by atoms with van der Waals surface area (Å²) in [5.74, 6) is 0.174. The summed E-state index contributed by atoms with van der Waals surface area (Å²) in [6.45, 7) is 4.52. The fourth-order valence-corrected chi connectivity index (χ4v) is 2.03. The van der Waals surface area contributed by atoms with Crippen molar-refractivity contribution < 1.29 is 4.79 Å². The fourth-order valence-electron chi connectivity index (χ4n) is 2.03. The van der Waals surface area contributed by atoms with E-state index in [-0.39, 0.29) is 11.8 Å². The SMILES string of the molecule is CC(C)C(=O)NCCc1cccc2ccccc12. The summed E-state index contributed by atoms with van der Waals surface area (Å²) in [5, 5.41) is 5.49. The average Bonchev–Trinajstić information content (AvgIpc) is 2.38. The Morgan fingerprint density at radius 1 is 1.11 bits per heavy atom. The lowest BCUT2D eigenvalue weighted by Gasteiger charge is -2.09. The Labute approximate surface area is 108 Å². The molecule has 0 saturated carbocycles. The van der Waals surface area contributed by atoms with Gasteiger partial charge in [-0.3, -0.25) is 4.79 Å². The highest BCUT2D eigenvalue weighted by atomic mass is 16.1. The Bertz CT molecular complexity index is 540. The molecule has 18 heavy (non-hydrogen) atoms. The van der Waals surface area contributed by atoms with E-state index in [4.69, 9.17) is 0 Å². The number of carbonyl (C=O) groups excluding carboxylic acids is 1. The molecule has 0 fully saturated rings. The van der Waals surface area contributed by atoms with Crippen LogP contribution in [-0.2, 0) is 11.2 Å². The van der Waals surface area contributed by atoms with Crippen LogP contribution in [0.15, 0.2) is 42.5 Å². The summed E-state index contributed by atoms with van der Waals surface area (Å²) in [6, 6.07) is 14.7. The van der Waals surface area contributed by atoms with Gasteiger partial charge in [0.1, 0.15) is 0 Å². The summed E-state index contributed by atoms with van der Waals surface area (Å²) >= 11 is 0. The van der Waals surface area contributed by atoms with E-state index in [0.717, 1.165) is 6.42 Å². The van der Waals surface area contributed by atoms with Crippen LogP contribution in [0, 0.1) is 5.92 Å². The van der Waals surface area contributed by atoms with E-state index >= 15 is 0 Å². The van der Waals surface area contributed by atoms with Crippen molar-refractivity contribution in [2.24, 2.45) is 5.92 Å². The van der Waals surface area contributed by atoms with Gasteiger partial charge in [-0.2, -0.15) is 0 Å². The van der Waals surface area contributed by atoms with Crippen molar-refractivity contribution in [1.82, 2.24) is 5.32 Å². The van der Waals surface area contributed by atoms with Crippen molar-refractivity contribution in [3.63, 3.8) is 0 Å². The molecule has 94 valence electrons. The molecule has 0 bridgehead atoms. The van der Waals surface area contributed by atoms with Crippen molar-refractivity contribution in [2.75, 3.05) is 6.54 Å². The lowest BCUT2D eigenvalue weighted by Crippen LogP contribution is -2.29. The number of amides is 1. The second-order valence-electron chi connectivity index (χ2n) is 4.83. The number of nitrogens with one attached hydrogen (secondary N) is 1. The zero-order valence-corrected chi connectivity index (χ0v) is 10.9. The van der Waals surface area contributed by atoms with Crippen LogP contribution in [-0.4, -0.2) is 12.5 Å². The maximum absolute atomic E-state index is 11.5. The highest BCUT2D eigenvalue weighted by Crippen LogP contribution is 2.18. The third kappa shape index (κ3) is 2.89. The molecule has 0 heterocycles. The van der Waals surface area contributed by atoms with Gasteiger partial charge in [0.25, 0.3) is 0 Å². The molecule has 2 heteroatoms. The number of fused-ring (bicyclic) bond motifs is 1. The largest absolute Gasteiger partial charge is 0.356 e. The van der Waals surface area contributed by atoms with Gasteiger partial charge in [-0.1, -0.05) is 56.3 Å². The van der Waals surface area contributed by atoms with Gasteiger partial charge in [0.15, 0.2) is 0 Å². The molecule has 2 aromatic rings. The van der Waals surface area contributed by atoms with Crippen molar-refractivity contribution in [2.45, 2.75) is 20.3 Å². The molecule has 0 unspecified atom stereocenters. The number of carbonyl (C=O) groups is 1. The number of benzene rings is 2. The van der Waals surface area contributed by atoms with Crippen LogP contribution in [0.5, 0.6) is 0 Å². The predicted molar refractivity (Wildman–Crippen MR) is 75.5 cm³/mol. The van der Waals surface area contributed by atoms with Gasteiger partial charge < -0.3 is 5.32 Å². The smallest absolute Gasteiger partial charge is 0.222 e. The van der Waals surface area contributed by atoms with E-state index in [9.17, 15) is 4.79 Å². The Kier molecular flexibility index (Phi) is 3.98. The third-order valence-corrected chi connectivity index (χ3v) is 3.10. The van der Waals surface area contributed by atoms with Crippen LogP contribution in [0.4, 0.5) is 0 Å². The summed E-state index contributed by atoms with van der Waals surface area (Å²) in [7, 11) is 0. The Morgan fingerprint density at radius 2 is 1.83 bits per heavy atom. The minimum absolute atomic E-state index is 0.0533. The first-order valence-corrected chi connectivity index (χ1v) is 6.43. The summed E-state index contributed by atoms with van der Waals surface area (Å²) in [6.07, 6.45) is 0.875. The maximum Gasteiger partial charge on any atom is 0.222 e. The lowest BCUT2D eigenvalue weighted by molar-refractivity contribution is -0.123. The molecule has 0 spiro atoms. The average molecular weight is 241 g/mol. The zero-order chi connectivity index (χ0) is 13.0. The summed E-state index contributed by atoms with van der Waals surface area (Å²) in [4.78, 5) is 11.5. The van der Waals surface area contributed by atoms with E-state index < -0.39 is 0 Å². The second kappa shape index (κ2) is 5.67. The van der Waals surface area contributed by atoms with Crippen LogP contribution in [0.2, 0.25) is 0 Å². The molecule has 0 aromatic heterocycles. The first-order valence-electron chi connectivity index (χ1n) is 6.43. The lowest BCUT2D eigenvalue weighted by atomic mass is 10.0. The summed E-state index contributed by atoms with van der Waals surface area (Å²) < 4.78 is 0. The highest BCUT2D eigenvalue weighted by Gasteiger charge is 2.06. The third-order valence-electron chi connectivity index (χ3n) is 3.10. The van der Waals surface area contributed by atoms with Crippen molar-refractivity contribution >= 4 is 16.7 Å². The molecular weight excluding hydrogens is 222 g/mol. The van der Waals surface area contributed by atoms with Crippen molar-refractivity contribution in [1.29, 1.82) is 0 Å². The molecule has 1 amide bonds. The standard InChI is InChI=1S/C16H19NO/c1-12(2)16(18)17-11-10-14-8-5-7-13-6-3-4-9-15(13)14/h3-9,12H,10-11H2,1-2H3,(H,17,18). The molecular formula is C16H19NO. The van der Waals surface area contributed by atoms with Gasteiger partial charge >= 0.3 is 0 Å². The predicted octanol–water partition coefficient (Wildman–Crippen LogP) is 3.15. The van der Waals surface area contributed by atoms with Gasteiger partial charge in [-0.05, 0) is 22.8 Å². The molecule has 0 aliphatic rings. The van der Waals surface area contributed by atoms with Gasteiger partial charge in [-0.15, -0.1) is 0 Å². The fraction of sp³-hybridized carbons (Fsp3) is 0.312. The highest BCUT2D eigenvalue weighted by molar-refractivity contribution is 5.85. The van der Waals surface area contributed by atoms with Gasteiger partial charge in [0.05, 0.1) is 0 Å². The number of hydrogen-bond acceptors (Lipinski definition) is 1. The molecule has 0 saturated heterocycles. The zero-order valence-electron chi connectivity index (χ0n) is 10.9. The number of rotatable bonds is 4. The minimum Gasteiger partial charge on any atom is -0.356 e. The van der Waals surface area contributed by atoms with E-state index in [1.807, 2.05) is 19.9 Å². The molecule has 0 radical (unpaired) electrons. The van der Waals surface area contributed by atoms with Crippen molar-refractivity contribution in [3.8, 4) is 0 Å². The quantitative estimate of drug-likeness (QED) is 0.875. The molecule has 2 nitrogen and oxygen atoms in total. The summed E-state index contributed by atoms with van der Waals surface area (Å²) in [5.41, 5.74) is 1.29. The Hall–Kier alpha value is -1.83. The van der Waals surface area contributed by atoms with Crippen LogP contribution < -0.4 is 5.32 Å². The van der Waals surface area contributed by atoms with Gasteiger partial charge in [0, 0.05) is 12.5 Å². The molecule has 1 N–H and O–H groups in total. The van der Waals surface area contributed by atoms with E-state index in [1.54, 1.807) is 0 Å². The Balaban J connectivity index is 2.06. The first-order chi connectivity index (χ1) is 8.68. The Morgan fingerprint density at radius 3 is 2.61 bits per heavy atom. The maximum atomic E-state index is 11.5. The molecule has 0 atom stereocenters. The van der Waals surface area contributed by atoms with E-state index in [2.05, 4.69) is 41.7 Å². The van der Waals surface area contributed by atoms with Crippen LogP contribution in [0.3, 0.4) is 0 Å². The monoisotopic (exact) mass is 241 g/mol. The van der Waals surface area contributed by atoms with Crippen LogP contribution in [0.25, 0.3) is 10.8 Å². The van der Waals surface area contributed by atoms with E-state index in [1.165, 1.54) is 16.3 Å². The van der Waals surface area contributed by atoms with Crippen molar-refractivity contribution in [3.05, 3.63) is 48.0 Å². The minimum atomic E-state index is 0.0533. The topological polar surface area (TPSA) is 29.1 Å². The first kappa shape index (κ1) is 12.6. The van der Waals surface area contributed by atoms with E-state index in [0.29, 0.717) is 6.54 Å².